The molecular formula is C27H29F2N3O5. The number of hydrogen-bond donors (Lipinski definition) is 1. The predicted octanol–water partition coefficient (Wildman–Crippen LogP) is 5.17. The maximum atomic E-state index is 12.6. The summed E-state index contributed by atoms with van der Waals surface area (Å²) in [5, 5.41) is 9.66. The number of halogens is 2. The fourth-order valence-electron chi connectivity index (χ4n) is 5.61. The van der Waals surface area contributed by atoms with Crippen LogP contribution in [0.2, 0.25) is 0 Å². The Labute approximate surface area is 212 Å². The highest BCUT2D eigenvalue weighted by Crippen LogP contribution is 2.39. The average Bonchev–Trinajstić information content (AvgIpc) is 3.27. The number of imidazole rings is 1. The van der Waals surface area contributed by atoms with Crippen molar-refractivity contribution in [2.45, 2.75) is 57.7 Å². The van der Waals surface area contributed by atoms with Crippen molar-refractivity contribution in [1.82, 2.24) is 14.5 Å². The monoisotopic (exact) mass is 513 g/mol. The Kier molecular flexibility index (Phi) is 6.99. The standard InChI is InChI=1S/C27H29F2N3O5/c1-36-27(35)31-12-11-17-7-10-22-23(21(17)15-31)30-24(18-3-2-4-19(13-18)25(33)34)32(22)14-16-5-8-20(9-6-16)37-26(28)29/h5-10,18-19,26H,2-4,11-15H2,1H3,(H,33,34)/t18-,19-/m0/s1. The van der Waals surface area contributed by atoms with Crippen LogP contribution in [0.3, 0.4) is 0 Å². The normalized spacial score (nSPS) is 19.6. The molecule has 2 aromatic carbocycles. The number of carboxylic acids is 1. The summed E-state index contributed by atoms with van der Waals surface area (Å²) in [7, 11) is 1.37. The van der Waals surface area contributed by atoms with Gasteiger partial charge in [-0.3, -0.25) is 4.79 Å². The summed E-state index contributed by atoms with van der Waals surface area (Å²) in [6.07, 6.45) is 3.12. The van der Waals surface area contributed by atoms with E-state index in [1.165, 1.54) is 19.2 Å². The van der Waals surface area contributed by atoms with Gasteiger partial charge in [0, 0.05) is 24.6 Å². The number of ether oxygens (including phenoxy) is 2. The summed E-state index contributed by atoms with van der Waals surface area (Å²) in [6, 6.07) is 10.6. The van der Waals surface area contributed by atoms with Crippen LogP contribution in [0.25, 0.3) is 11.0 Å². The molecule has 1 aromatic heterocycles. The van der Waals surface area contributed by atoms with Crippen molar-refractivity contribution in [1.29, 1.82) is 0 Å². The van der Waals surface area contributed by atoms with E-state index in [2.05, 4.69) is 15.4 Å². The molecule has 10 heteroatoms. The number of aromatic nitrogens is 2. The molecule has 0 unspecified atom stereocenters. The van der Waals surface area contributed by atoms with E-state index in [0.29, 0.717) is 38.9 Å². The molecule has 1 aliphatic heterocycles. The molecule has 0 spiro atoms. The third-order valence-electron chi connectivity index (χ3n) is 7.46. The Bertz CT molecular complexity index is 1310. The third kappa shape index (κ3) is 5.10. The summed E-state index contributed by atoms with van der Waals surface area (Å²) in [4.78, 5) is 30.7. The van der Waals surface area contributed by atoms with Crippen LogP contribution < -0.4 is 4.74 Å². The molecule has 0 bridgehead atoms. The molecule has 37 heavy (non-hydrogen) atoms. The molecule has 2 atom stereocenters. The number of nitrogens with zero attached hydrogens (tertiary/aromatic N) is 3. The zero-order valence-electron chi connectivity index (χ0n) is 20.5. The number of fused-ring (bicyclic) bond motifs is 3. The first-order chi connectivity index (χ1) is 17.8. The Hall–Kier alpha value is -3.69. The molecule has 1 saturated carbocycles. The summed E-state index contributed by atoms with van der Waals surface area (Å²) in [5.74, 6) is -0.324. The van der Waals surface area contributed by atoms with Gasteiger partial charge in [-0.2, -0.15) is 8.78 Å². The van der Waals surface area contributed by atoms with Gasteiger partial charge in [0.15, 0.2) is 0 Å². The fourth-order valence-corrected chi connectivity index (χ4v) is 5.61. The summed E-state index contributed by atoms with van der Waals surface area (Å²) in [5.41, 5.74) is 4.67. The topological polar surface area (TPSA) is 93.9 Å². The second-order valence-electron chi connectivity index (χ2n) is 9.69. The second kappa shape index (κ2) is 10.4. The van der Waals surface area contributed by atoms with Gasteiger partial charge in [0.2, 0.25) is 0 Å². The van der Waals surface area contributed by atoms with Gasteiger partial charge in [0.25, 0.3) is 0 Å². The van der Waals surface area contributed by atoms with Crippen molar-refractivity contribution in [2.24, 2.45) is 5.92 Å². The SMILES string of the molecule is COC(=O)N1CCc2ccc3c(nc([C@H]4CCC[C@H](C(=O)O)C4)n3Cc3ccc(OC(F)F)cc3)c2C1. The average molecular weight is 514 g/mol. The number of hydrogen-bond acceptors (Lipinski definition) is 5. The van der Waals surface area contributed by atoms with Crippen molar-refractivity contribution in [3.63, 3.8) is 0 Å². The lowest BCUT2D eigenvalue weighted by Crippen LogP contribution is -2.35. The number of amides is 1. The zero-order chi connectivity index (χ0) is 26.1. The van der Waals surface area contributed by atoms with Crippen molar-refractivity contribution in [3.05, 3.63) is 58.9 Å². The number of carbonyl (C=O) groups is 2. The molecule has 1 aliphatic carbocycles. The second-order valence-corrected chi connectivity index (χ2v) is 9.69. The number of alkyl halides is 2. The molecule has 1 N–H and O–H groups in total. The molecule has 196 valence electrons. The van der Waals surface area contributed by atoms with Crippen LogP contribution in [0.1, 0.15) is 54.1 Å². The minimum absolute atomic E-state index is 0.0281. The molecule has 3 aromatic rings. The van der Waals surface area contributed by atoms with Crippen LogP contribution in [0.5, 0.6) is 5.75 Å². The Morgan fingerprint density at radius 2 is 1.95 bits per heavy atom. The Balaban J connectivity index is 1.56. The van der Waals surface area contributed by atoms with E-state index in [1.807, 2.05) is 6.07 Å². The van der Waals surface area contributed by atoms with Crippen LogP contribution in [0, 0.1) is 5.92 Å². The highest BCUT2D eigenvalue weighted by molar-refractivity contribution is 5.82. The first-order valence-corrected chi connectivity index (χ1v) is 12.4. The minimum Gasteiger partial charge on any atom is -0.481 e. The third-order valence-corrected chi connectivity index (χ3v) is 7.46. The lowest BCUT2D eigenvalue weighted by molar-refractivity contribution is -0.143. The Morgan fingerprint density at radius 3 is 2.65 bits per heavy atom. The number of carbonyl (C=O) groups excluding carboxylic acids is 1. The maximum absolute atomic E-state index is 12.6. The lowest BCUT2D eigenvalue weighted by atomic mass is 9.81. The van der Waals surface area contributed by atoms with Crippen molar-refractivity contribution in [2.75, 3.05) is 13.7 Å². The van der Waals surface area contributed by atoms with Gasteiger partial charge in [-0.1, -0.05) is 24.6 Å². The van der Waals surface area contributed by atoms with Gasteiger partial charge in [-0.05, 0) is 55.0 Å². The number of rotatable bonds is 6. The van der Waals surface area contributed by atoms with Crippen LogP contribution in [-0.4, -0.2) is 51.9 Å². The molecular weight excluding hydrogens is 484 g/mol. The molecule has 1 amide bonds. The highest BCUT2D eigenvalue weighted by Gasteiger charge is 2.32. The van der Waals surface area contributed by atoms with Gasteiger partial charge < -0.3 is 24.0 Å². The molecule has 5 rings (SSSR count). The van der Waals surface area contributed by atoms with Gasteiger partial charge in [0.1, 0.15) is 11.6 Å². The van der Waals surface area contributed by atoms with Gasteiger partial charge in [-0.25, -0.2) is 9.78 Å². The summed E-state index contributed by atoms with van der Waals surface area (Å²) < 4.78 is 36.7. The summed E-state index contributed by atoms with van der Waals surface area (Å²) in [6.45, 7) is -1.50. The van der Waals surface area contributed by atoms with E-state index in [4.69, 9.17) is 9.72 Å². The van der Waals surface area contributed by atoms with E-state index in [9.17, 15) is 23.5 Å². The van der Waals surface area contributed by atoms with E-state index < -0.39 is 18.5 Å². The largest absolute Gasteiger partial charge is 0.481 e. The van der Waals surface area contributed by atoms with Crippen molar-refractivity contribution in [3.8, 4) is 5.75 Å². The maximum Gasteiger partial charge on any atom is 0.409 e. The minimum atomic E-state index is -2.89. The van der Waals surface area contributed by atoms with Crippen LogP contribution >= 0.6 is 0 Å². The lowest BCUT2D eigenvalue weighted by Gasteiger charge is -2.27. The highest BCUT2D eigenvalue weighted by atomic mass is 19.3. The number of methoxy groups -OCH3 is 1. The van der Waals surface area contributed by atoms with Crippen LogP contribution in [0.15, 0.2) is 36.4 Å². The van der Waals surface area contributed by atoms with Crippen LogP contribution in [-0.2, 0) is 29.0 Å². The van der Waals surface area contributed by atoms with Gasteiger partial charge >= 0.3 is 18.7 Å². The summed E-state index contributed by atoms with van der Waals surface area (Å²) >= 11 is 0. The van der Waals surface area contributed by atoms with E-state index in [-0.39, 0.29) is 17.8 Å². The predicted molar refractivity (Wildman–Crippen MR) is 131 cm³/mol. The van der Waals surface area contributed by atoms with Gasteiger partial charge in [-0.15, -0.1) is 0 Å². The zero-order valence-corrected chi connectivity index (χ0v) is 20.5. The Morgan fingerprint density at radius 1 is 1.16 bits per heavy atom. The van der Waals surface area contributed by atoms with E-state index in [1.54, 1.807) is 17.0 Å². The van der Waals surface area contributed by atoms with Crippen molar-refractivity contribution >= 4 is 23.1 Å². The van der Waals surface area contributed by atoms with E-state index >= 15 is 0 Å². The number of aliphatic carboxylic acids is 1. The number of carboxylic acid groups (broad SMARTS) is 1. The molecule has 2 aliphatic rings. The quantitative estimate of drug-likeness (QED) is 0.489. The molecule has 0 radical (unpaired) electrons. The molecule has 8 nitrogen and oxygen atoms in total. The first-order valence-electron chi connectivity index (χ1n) is 12.4. The van der Waals surface area contributed by atoms with Gasteiger partial charge in [0.05, 0.1) is 30.6 Å². The molecule has 2 heterocycles. The van der Waals surface area contributed by atoms with Crippen molar-refractivity contribution < 1.29 is 33.0 Å². The molecule has 1 fully saturated rings. The molecule has 0 saturated heterocycles. The fraction of sp³-hybridized carbons (Fsp3) is 0.444. The smallest absolute Gasteiger partial charge is 0.409 e. The first kappa shape index (κ1) is 25.0. The number of benzene rings is 2. The van der Waals surface area contributed by atoms with Crippen LogP contribution in [0.4, 0.5) is 13.6 Å². The van der Waals surface area contributed by atoms with E-state index in [0.717, 1.165) is 46.4 Å².